The number of hydrogen-bond donors (Lipinski definition) is 2. The number of anilines is 1. The Morgan fingerprint density at radius 1 is 1.08 bits per heavy atom. The summed E-state index contributed by atoms with van der Waals surface area (Å²) < 4.78 is 2.90. The number of aromatic nitrogens is 5. The SMILES string of the molecule is CC(=O)Cc1cccc2nc(C(C)NC(=O)c3c(N)nn4cccnc34)n(-c3ccccc3)c(=O)c12. The molecule has 2 aromatic carbocycles. The minimum Gasteiger partial charge on any atom is -0.381 e. The van der Waals surface area contributed by atoms with Crippen molar-refractivity contribution in [2.75, 3.05) is 5.73 Å². The number of nitrogens with one attached hydrogen (secondary N) is 1. The zero-order chi connectivity index (χ0) is 25.4. The van der Waals surface area contributed by atoms with Gasteiger partial charge >= 0.3 is 0 Å². The van der Waals surface area contributed by atoms with Gasteiger partial charge in [-0.15, -0.1) is 5.10 Å². The highest BCUT2D eigenvalue weighted by Crippen LogP contribution is 2.22. The minimum atomic E-state index is -0.690. The van der Waals surface area contributed by atoms with Crippen LogP contribution in [0.5, 0.6) is 0 Å². The molecule has 0 radical (unpaired) electrons. The smallest absolute Gasteiger partial charge is 0.266 e. The quantitative estimate of drug-likeness (QED) is 0.380. The summed E-state index contributed by atoms with van der Waals surface area (Å²) in [4.78, 5) is 48.0. The van der Waals surface area contributed by atoms with Gasteiger partial charge in [0.1, 0.15) is 17.2 Å². The third-order valence-corrected chi connectivity index (χ3v) is 5.85. The molecular formula is C26H23N7O3. The lowest BCUT2D eigenvalue weighted by molar-refractivity contribution is -0.116. The van der Waals surface area contributed by atoms with Crippen molar-refractivity contribution in [2.45, 2.75) is 26.3 Å². The Balaban J connectivity index is 1.65. The monoisotopic (exact) mass is 481 g/mol. The van der Waals surface area contributed by atoms with E-state index in [1.54, 1.807) is 55.7 Å². The number of fused-ring (bicyclic) bond motifs is 2. The highest BCUT2D eigenvalue weighted by atomic mass is 16.2. The summed E-state index contributed by atoms with van der Waals surface area (Å²) in [5, 5.41) is 7.40. The molecule has 10 nitrogen and oxygen atoms in total. The molecule has 1 unspecified atom stereocenters. The zero-order valence-electron chi connectivity index (χ0n) is 19.7. The molecule has 3 heterocycles. The first-order chi connectivity index (χ1) is 17.3. The van der Waals surface area contributed by atoms with E-state index in [0.29, 0.717) is 33.6 Å². The van der Waals surface area contributed by atoms with Crippen LogP contribution in [-0.4, -0.2) is 35.8 Å². The fourth-order valence-corrected chi connectivity index (χ4v) is 4.30. The van der Waals surface area contributed by atoms with E-state index in [1.807, 2.05) is 18.2 Å². The Labute approximate surface area is 205 Å². The molecule has 3 N–H and O–H groups in total. The largest absolute Gasteiger partial charge is 0.381 e. The lowest BCUT2D eigenvalue weighted by atomic mass is 10.0. The predicted octanol–water partition coefficient (Wildman–Crippen LogP) is 2.63. The van der Waals surface area contributed by atoms with E-state index in [0.717, 1.165) is 0 Å². The van der Waals surface area contributed by atoms with E-state index < -0.39 is 11.9 Å². The molecular weight excluding hydrogens is 458 g/mol. The van der Waals surface area contributed by atoms with Gasteiger partial charge in [-0.25, -0.2) is 14.5 Å². The van der Waals surface area contributed by atoms with Crippen molar-refractivity contribution in [3.05, 3.63) is 94.3 Å². The van der Waals surface area contributed by atoms with Gasteiger partial charge in [-0.05, 0) is 43.7 Å². The number of ketones is 1. The molecule has 1 atom stereocenters. The summed E-state index contributed by atoms with van der Waals surface area (Å²) >= 11 is 0. The molecule has 1 amide bonds. The van der Waals surface area contributed by atoms with Crippen LogP contribution in [0.15, 0.2) is 71.8 Å². The van der Waals surface area contributed by atoms with Gasteiger partial charge < -0.3 is 11.1 Å². The Kier molecular flexibility index (Phi) is 5.77. The van der Waals surface area contributed by atoms with Crippen LogP contribution in [0.4, 0.5) is 5.82 Å². The van der Waals surface area contributed by atoms with Crippen molar-refractivity contribution in [3.8, 4) is 5.69 Å². The number of benzene rings is 2. The maximum atomic E-state index is 13.9. The number of rotatable bonds is 6. The van der Waals surface area contributed by atoms with Gasteiger partial charge in [0.2, 0.25) is 0 Å². The molecule has 3 aromatic heterocycles. The van der Waals surface area contributed by atoms with Crippen LogP contribution in [0.25, 0.3) is 22.2 Å². The molecule has 36 heavy (non-hydrogen) atoms. The first-order valence-electron chi connectivity index (χ1n) is 11.3. The Morgan fingerprint density at radius 3 is 2.61 bits per heavy atom. The summed E-state index contributed by atoms with van der Waals surface area (Å²) in [5.74, 6) is -0.181. The van der Waals surface area contributed by atoms with Crippen molar-refractivity contribution in [1.82, 2.24) is 29.5 Å². The van der Waals surface area contributed by atoms with Gasteiger partial charge in [-0.3, -0.25) is 19.0 Å². The molecule has 0 fully saturated rings. The number of carbonyl (C=O) groups is 2. The topological polar surface area (TPSA) is 137 Å². The van der Waals surface area contributed by atoms with Crippen molar-refractivity contribution in [1.29, 1.82) is 0 Å². The highest BCUT2D eigenvalue weighted by Gasteiger charge is 2.25. The number of nitrogens with zero attached hydrogens (tertiary/aromatic N) is 5. The van der Waals surface area contributed by atoms with E-state index in [4.69, 9.17) is 10.7 Å². The van der Waals surface area contributed by atoms with Crippen molar-refractivity contribution in [3.63, 3.8) is 0 Å². The first kappa shape index (κ1) is 22.9. The number of nitrogen functional groups attached to an aromatic ring is 1. The average molecular weight is 482 g/mol. The second-order valence-corrected chi connectivity index (χ2v) is 8.48. The number of amides is 1. The third kappa shape index (κ3) is 3.98. The van der Waals surface area contributed by atoms with Crippen LogP contribution in [0, 0.1) is 0 Å². The molecule has 10 heteroatoms. The second-order valence-electron chi connectivity index (χ2n) is 8.48. The molecule has 5 rings (SSSR count). The highest BCUT2D eigenvalue weighted by molar-refractivity contribution is 6.04. The second kappa shape index (κ2) is 9.06. The lowest BCUT2D eigenvalue weighted by Gasteiger charge is -2.20. The molecule has 0 saturated carbocycles. The molecule has 0 bridgehead atoms. The van der Waals surface area contributed by atoms with Crippen LogP contribution in [-0.2, 0) is 11.2 Å². The number of hydrogen-bond acceptors (Lipinski definition) is 7. The number of nitrogens with two attached hydrogens (primary N) is 1. The summed E-state index contributed by atoms with van der Waals surface area (Å²) in [5.41, 5.74) is 7.79. The van der Waals surface area contributed by atoms with Crippen LogP contribution < -0.4 is 16.6 Å². The number of carbonyl (C=O) groups excluding carboxylic acids is 2. The normalized spacial score (nSPS) is 12.1. The summed E-state index contributed by atoms with van der Waals surface area (Å²) in [6, 6.07) is 15.3. The van der Waals surface area contributed by atoms with E-state index in [-0.39, 0.29) is 29.1 Å². The molecule has 0 aliphatic carbocycles. The standard InChI is InChI=1S/C26H23N7O3/c1-15(34)14-17-8-6-11-19-20(17)26(36)33(18-9-4-3-5-10-18)23(30-19)16(2)29-25(35)21-22(27)31-32-13-7-12-28-24(21)32/h3-13,16H,14H2,1-2H3,(H2,27,31)(H,29,35). The van der Waals surface area contributed by atoms with Gasteiger partial charge in [-0.2, -0.15) is 0 Å². The Bertz CT molecular complexity index is 1690. The summed E-state index contributed by atoms with van der Waals surface area (Å²) in [6.45, 7) is 3.22. The van der Waals surface area contributed by atoms with Gasteiger partial charge in [0.05, 0.1) is 22.6 Å². The molecule has 0 aliphatic heterocycles. The zero-order valence-corrected chi connectivity index (χ0v) is 19.7. The van der Waals surface area contributed by atoms with Crippen LogP contribution in [0.3, 0.4) is 0 Å². The van der Waals surface area contributed by atoms with Crippen molar-refractivity contribution < 1.29 is 9.59 Å². The maximum Gasteiger partial charge on any atom is 0.266 e. The van der Waals surface area contributed by atoms with Crippen LogP contribution in [0.1, 0.15) is 41.6 Å². The summed E-state index contributed by atoms with van der Waals surface area (Å²) in [6.07, 6.45) is 3.32. The van der Waals surface area contributed by atoms with Gasteiger partial charge in [-0.1, -0.05) is 30.3 Å². The van der Waals surface area contributed by atoms with E-state index in [2.05, 4.69) is 15.4 Å². The summed E-state index contributed by atoms with van der Waals surface area (Å²) in [7, 11) is 0. The minimum absolute atomic E-state index is 0.0409. The van der Waals surface area contributed by atoms with Gasteiger partial charge in [0, 0.05) is 18.8 Å². The van der Waals surface area contributed by atoms with Crippen LogP contribution in [0.2, 0.25) is 0 Å². The van der Waals surface area contributed by atoms with Gasteiger partial charge in [0.25, 0.3) is 11.5 Å². The van der Waals surface area contributed by atoms with Crippen molar-refractivity contribution in [2.24, 2.45) is 0 Å². The Morgan fingerprint density at radius 2 is 1.86 bits per heavy atom. The first-order valence-corrected chi connectivity index (χ1v) is 11.3. The number of Topliss-reactive ketones (excluding diaryl/α,β-unsaturated/α-hetero) is 1. The van der Waals surface area contributed by atoms with Gasteiger partial charge in [0.15, 0.2) is 11.5 Å². The molecule has 0 saturated heterocycles. The lowest BCUT2D eigenvalue weighted by Crippen LogP contribution is -2.33. The fourth-order valence-electron chi connectivity index (χ4n) is 4.30. The van der Waals surface area contributed by atoms with E-state index in [9.17, 15) is 14.4 Å². The Hall–Kier alpha value is -4.86. The van der Waals surface area contributed by atoms with Crippen LogP contribution >= 0.6 is 0 Å². The molecule has 180 valence electrons. The average Bonchev–Trinajstić information content (AvgIpc) is 3.19. The molecule has 5 aromatic rings. The van der Waals surface area contributed by atoms with E-state index >= 15 is 0 Å². The number of para-hydroxylation sites is 1. The van der Waals surface area contributed by atoms with E-state index in [1.165, 1.54) is 16.0 Å². The molecule has 0 aliphatic rings. The fraction of sp³-hybridized carbons (Fsp3) is 0.154. The maximum absolute atomic E-state index is 13.9. The molecule has 0 spiro atoms. The predicted molar refractivity (Wildman–Crippen MR) is 135 cm³/mol. The van der Waals surface area contributed by atoms with Crippen molar-refractivity contribution >= 4 is 34.1 Å². The third-order valence-electron chi connectivity index (χ3n) is 5.85.